The highest BCUT2D eigenvalue weighted by Crippen LogP contribution is 2.22. The maximum Gasteiger partial charge on any atom is 0.224 e. The molecule has 22 heavy (non-hydrogen) atoms. The van der Waals surface area contributed by atoms with Gasteiger partial charge in [-0.3, -0.25) is 9.59 Å². The SMILES string of the molecule is O=C(CCCC(=O)c1ccccc1)Nc1ccc(F)cc1Cl. The second-order valence-electron chi connectivity index (χ2n) is 4.82. The van der Waals surface area contributed by atoms with Crippen LogP contribution in [0.15, 0.2) is 48.5 Å². The van der Waals surface area contributed by atoms with E-state index in [9.17, 15) is 14.0 Å². The van der Waals surface area contributed by atoms with Crippen LogP contribution in [0, 0.1) is 5.82 Å². The van der Waals surface area contributed by atoms with Gasteiger partial charge in [0, 0.05) is 18.4 Å². The van der Waals surface area contributed by atoms with E-state index in [4.69, 9.17) is 11.6 Å². The molecule has 0 aliphatic heterocycles. The van der Waals surface area contributed by atoms with Gasteiger partial charge in [-0.1, -0.05) is 41.9 Å². The summed E-state index contributed by atoms with van der Waals surface area (Å²) in [7, 11) is 0. The van der Waals surface area contributed by atoms with Crippen molar-refractivity contribution in [3.63, 3.8) is 0 Å². The molecule has 1 N–H and O–H groups in total. The zero-order valence-corrected chi connectivity index (χ0v) is 12.6. The summed E-state index contributed by atoms with van der Waals surface area (Å²) in [4.78, 5) is 23.7. The first-order valence-electron chi connectivity index (χ1n) is 6.89. The van der Waals surface area contributed by atoms with Gasteiger partial charge < -0.3 is 5.32 Å². The summed E-state index contributed by atoms with van der Waals surface area (Å²) in [5, 5.41) is 2.75. The van der Waals surface area contributed by atoms with Crippen LogP contribution in [-0.4, -0.2) is 11.7 Å². The summed E-state index contributed by atoms with van der Waals surface area (Å²) in [6.07, 6.45) is 0.944. The number of hydrogen-bond acceptors (Lipinski definition) is 2. The van der Waals surface area contributed by atoms with E-state index in [0.29, 0.717) is 24.1 Å². The van der Waals surface area contributed by atoms with Gasteiger partial charge in [0.2, 0.25) is 5.91 Å². The first kappa shape index (κ1) is 16.2. The number of hydrogen-bond donors (Lipinski definition) is 1. The van der Waals surface area contributed by atoms with Crippen molar-refractivity contribution >= 4 is 29.0 Å². The Morgan fingerprint density at radius 2 is 1.77 bits per heavy atom. The fourth-order valence-electron chi connectivity index (χ4n) is 1.98. The highest BCUT2D eigenvalue weighted by molar-refractivity contribution is 6.33. The number of Topliss-reactive ketones (excluding diaryl/α,β-unsaturated/α-hetero) is 1. The van der Waals surface area contributed by atoms with Gasteiger partial charge in [-0.05, 0) is 24.6 Å². The number of halogens is 2. The Balaban J connectivity index is 1.80. The maximum absolute atomic E-state index is 12.9. The number of anilines is 1. The predicted octanol–water partition coefficient (Wildman–Crippen LogP) is 4.47. The molecule has 0 fully saturated rings. The second-order valence-corrected chi connectivity index (χ2v) is 5.22. The minimum Gasteiger partial charge on any atom is -0.325 e. The largest absolute Gasteiger partial charge is 0.325 e. The van der Waals surface area contributed by atoms with E-state index in [0.717, 1.165) is 6.07 Å². The number of nitrogens with one attached hydrogen (secondary N) is 1. The lowest BCUT2D eigenvalue weighted by Crippen LogP contribution is -2.12. The Bertz CT molecular complexity index is 674. The molecule has 1 amide bonds. The standard InChI is InChI=1S/C17H15ClFNO2/c18-14-11-13(19)9-10-15(14)20-17(22)8-4-7-16(21)12-5-2-1-3-6-12/h1-3,5-6,9-11H,4,7-8H2,(H,20,22). The van der Waals surface area contributed by atoms with Gasteiger partial charge in [0.05, 0.1) is 10.7 Å². The topological polar surface area (TPSA) is 46.2 Å². The molecule has 0 spiro atoms. The van der Waals surface area contributed by atoms with Crippen molar-refractivity contribution in [3.05, 3.63) is 64.9 Å². The third-order valence-electron chi connectivity index (χ3n) is 3.11. The van der Waals surface area contributed by atoms with Crippen LogP contribution in [0.4, 0.5) is 10.1 Å². The smallest absolute Gasteiger partial charge is 0.224 e. The normalized spacial score (nSPS) is 10.3. The van der Waals surface area contributed by atoms with Crippen LogP contribution in [0.25, 0.3) is 0 Å². The molecule has 0 aromatic heterocycles. The summed E-state index contributed by atoms with van der Waals surface area (Å²) in [6, 6.07) is 12.7. The Labute approximate surface area is 133 Å². The van der Waals surface area contributed by atoms with Crippen LogP contribution in [0.1, 0.15) is 29.6 Å². The zero-order chi connectivity index (χ0) is 15.9. The van der Waals surface area contributed by atoms with E-state index in [1.54, 1.807) is 24.3 Å². The summed E-state index contributed by atoms with van der Waals surface area (Å²) >= 11 is 5.83. The van der Waals surface area contributed by atoms with Gasteiger partial charge in [-0.15, -0.1) is 0 Å². The van der Waals surface area contributed by atoms with E-state index in [1.165, 1.54) is 12.1 Å². The van der Waals surface area contributed by atoms with Crippen molar-refractivity contribution < 1.29 is 14.0 Å². The van der Waals surface area contributed by atoms with Gasteiger partial charge in [0.25, 0.3) is 0 Å². The number of ketones is 1. The number of benzene rings is 2. The van der Waals surface area contributed by atoms with Crippen molar-refractivity contribution in [2.45, 2.75) is 19.3 Å². The number of carbonyl (C=O) groups is 2. The highest BCUT2D eigenvalue weighted by Gasteiger charge is 2.09. The van der Waals surface area contributed by atoms with Gasteiger partial charge >= 0.3 is 0 Å². The van der Waals surface area contributed by atoms with Crippen molar-refractivity contribution in [1.29, 1.82) is 0 Å². The van der Waals surface area contributed by atoms with Crippen LogP contribution in [0.2, 0.25) is 5.02 Å². The number of rotatable bonds is 6. The van der Waals surface area contributed by atoms with Crippen LogP contribution in [-0.2, 0) is 4.79 Å². The van der Waals surface area contributed by atoms with Crippen molar-refractivity contribution in [2.75, 3.05) is 5.32 Å². The van der Waals surface area contributed by atoms with Crippen LogP contribution in [0.3, 0.4) is 0 Å². The molecule has 0 saturated heterocycles. The zero-order valence-electron chi connectivity index (χ0n) is 11.8. The molecule has 0 bridgehead atoms. The van der Waals surface area contributed by atoms with Gasteiger partial charge in [0.1, 0.15) is 5.82 Å². The molecule has 0 atom stereocenters. The molecule has 0 unspecified atom stereocenters. The fourth-order valence-corrected chi connectivity index (χ4v) is 2.20. The molecule has 2 rings (SSSR count). The average Bonchev–Trinajstić information content (AvgIpc) is 2.51. The van der Waals surface area contributed by atoms with E-state index >= 15 is 0 Å². The lowest BCUT2D eigenvalue weighted by molar-refractivity contribution is -0.116. The number of amides is 1. The summed E-state index contributed by atoms with van der Waals surface area (Å²) < 4.78 is 12.9. The van der Waals surface area contributed by atoms with Gasteiger partial charge in [0.15, 0.2) is 5.78 Å². The first-order valence-corrected chi connectivity index (χ1v) is 7.27. The average molecular weight is 320 g/mol. The minimum absolute atomic E-state index is 0.00761. The van der Waals surface area contributed by atoms with Crippen molar-refractivity contribution in [2.24, 2.45) is 0 Å². The Morgan fingerprint density at radius 3 is 2.45 bits per heavy atom. The maximum atomic E-state index is 12.9. The van der Waals surface area contributed by atoms with Crippen LogP contribution >= 0.6 is 11.6 Å². The lowest BCUT2D eigenvalue weighted by atomic mass is 10.1. The Hall–Kier alpha value is -2.20. The van der Waals surface area contributed by atoms with E-state index in [1.807, 2.05) is 6.07 Å². The molecule has 2 aromatic rings. The molecule has 0 heterocycles. The third kappa shape index (κ3) is 4.67. The minimum atomic E-state index is -0.462. The summed E-state index contributed by atoms with van der Waals surface area (Å²) in [5.41, 5.74) is 1.01. The quantitative estimate of drug-likeness (QED) is 0.798. The molecule has 0 saturated carbocycles. The highest BCUT2D eigenvalue weighted by atomic mass is 35.5. The van der Waals surface area contributed by atoms with Crippen molar-refractivity contribution in [1.82, 2.24) is 0 Å². The molecule has 0 aliphatic rings. The monoisotopic (exact) mass is 319 g/mol. The summed E-state index contributed by atoms with van der Waals surface area (Å²) in [6.45, 7) is 0. The van der Waals surface area contributed by atoms with Crippen LogP contribution in [0.5, 0.6) is 0 Å². The molecule has 5 heteroatoms. The third-order valence-corrected chi connectivity index (χ3v) is 3.42. The molecule has 114 valence electrons. The van der Waals surface area contributed by atoms with Gasteiger partial charge in [-0.25, -0.2) is 4.39 Å². The fraction of sp³-hybridized carbons (Fsp3) is 0.176. The molecular weight excluding hydrogens is 305 g/mol. The lowest BCUT2D eigenvalue weighted by Gasteiger charge is -2.07. The van der Waals surface area contributed by atoms with Crippen LogP contribution < -0.4 is 5.32 Å². The molecular formula is C17H15ClFNO2. The number of carbonyl (C=O) groups excluding carboxylic acids is 2. The van der Waals surface area contributed by atoms with E-state index in [2.05, 4.69) is 5.32 Å². The second kappa shape index (κ2) is 7.71. The first-order chi connectivity index (χ1) is 10.6. The molecule has 2 aromatic carbocycles. The van der Waals surface area contributed by atoms with E-state index < -0.39 is 5.82 Å². The van der Waals surface area contributed by atoms with Gasteiger partial charge in [-0.2, -0.15) is 0 Å². The Morgan fingerprint density at radius 1 is 1.05 bits per heavy atom. The Kier molecular flexibility index (Phi) is 5.67. The van der Waals surface area contributed by atoms with Crippen molar-refractivity contribution in [3.8, 4) is 0 Å². The molecule has 0 aliphatic carbocycles. The molecule has 3 nitrogen and oxygen atoms in total. The summed E-state index contributed by atoms with van der Waals surface area (Å²) in [5.74, 6) is -0.709. The van der Waals surface area contributed by atoms with E-state index in [-0.39, 0.29) is 23.1 Å². The predicted molar refractivity (Wildman–Crippen MR) is 84.7 cm³/mol. The molecule has 0 radical (unpaired) electrons.